The first-order chi connectivity index (χ1) is 11.0. The first-order valence-corrected chi connectivity index (χ1v) is 8.12. The second kappa shape index (κ2) is 7.97. The van der Waals surface area contributed by atoms with E-state index in [2.05, 4.69) is 86.5 Å². The van der Waals surface area contributed by atoms with E-state index < -0.39 is 0 Å². The van der Waals surface area contributed by atoms with Crippen LogP contribution in [-0.4, -0.2) is 13.1 Å². The molecule has 0 aromatic heterocycles. The molecule has 0 unspecified atom stereocenters. The first kappa shape index (κ1) is 17.3. The van der Waals surface area contributed by atoms with Crippen molar-refractivity contribution in [3.8, 4) is 11.8 Å². The Balaban J connectivity index is 1.96. The molecular formula is C21H26N2. The molecule has 0 saturated heterocycles. The molecule has 2 nitrogen and oxygen atoms in total. The fraction of sp³-hybridized carbons (Fsp3) is 0.333. The zero-order valence-corrected chi connectivity index (χ0v) is 14.3. The predicted molar refractivity (Wildman–Crippen MR) is 100 cm³/mol. The highest BCUT2D eigenvalue weighted by Gasteiger charge is 2.09. The van der Waals surface area contributed by atoms with Crippen molar-refractivity contribution in [1.82, 2.24) is 5.32 Å². The summed E-state index contributed by atoms with van der Waals surface area (Å²) in [5.74, 6) is 6.23. The Bertz CT molecular complexity index is 727. The summed E-state index contributed by atoms with van der Waals surface area (Å²) in [6.07, 6.45) is 3.96. The summed E-state index contributed by atoms with van der Waals surface area (Å²) in [4.78, 5) is 0. The molecule has 2 aromatic rings. The maximum atomic E-state index is 5.66. The fourth-order valence-corrected chi connectivity index (χ4v) is 2.39. The van der Waals surface area contributed by atoms with Crippen molar-refractivity contribution in [2.24, 2.45) is 11.1 Å². The van der Waals surface area contributed by atoms with Crippen LogP contribution < -0.4 is 11.1 Å². The number of nitrogens with two attached hydrogens (primary N) is 1. The fourth-order valence-electron chi connectivity index (χ4n) is 2.39. The normalized spacial score (nSPS) is 13.0. The van der Waals surface area contributed by atoms with Gasteiger partial charge in [0, 0.05) is 24.5 Å². The van der Waals surface area contributed by atoms with Gasteiger partial charge in [-0.1, -0.05) is 60.4 Å². The van der Waals surface area contributed by atoms with Crippen LogP contribution in [0, 0.1) is 17.3 Å². The molecule has 2 rings (SSSR count). The van der Waals surface area contributed by atoms with Crippen LogP contribution in [0.3, 0.4) is 0 Å². The third kappa shape index (κ3) is 4.96. The van der Waals surface area contributed by atoms with E-state index in [1.165, 1.54) is 16.3 Å². The summed E-state index contributed by atoms with van der Waals surface area (Å²) in [5.41, 5.74) is 6.87. The van der Waals surface area contributed by atoms with Gasteiger partial charge in [-0.2, -0.15) is 0 Å². The SMILES string of the molecule is C[C@@H](NC/C=C/C#CC(C)(C)CN)c1cccc2ccccc12. The predicted octanol–water partition coefficient (Wildman–Crippen LogP) is 4.03. The smallest absolute Gasteiger partial charge is 0.0384 e. The van der Waals surface area contributed by atoms with Gasteiger partial charge in [0.05, 0.1) is 0 Å². The Morgan fingerprint density at radius 2 is 1.91 bits per heavy atom. The molecule has 0 spiro atoms. The molecule has 1 atom stereocenters. The molecule has 0 fully saturated rings. The summed E-state index contributed by atoms with van der Waals surface area (Å²) >= 11 is 0. The van der Waals surface area contributed by atoms with Crippen LogP contribution in [0.4, 0.5) is 0 Å². The lowest BCUT2D eigenvalue weighted by Gasteiger charge is -2.15. The van der Waals surface area contributed by atoms with Gasteiger partial charge in [-0.05, 0) is 43.2 Å². The number of nitrogens with one attached hydrogen (secondary N) is 1. The standard InChI is InChI=1S/C21H26N2/c1-17(23-15-8-4-7-14-21(2,3)16-22)19-13-9-11-18-10-5-6-12-20(18)19/h4-6,8-13,17,23H,15-16,22H2,1-3H3/b8-4+/t17-/m1/s1. The topological polar surface area (TPSA) is 38.0 Å². The highest BCUT2D eigenvalue weighted by molar-refractivity contribution is 5.86. The van der Waals surface area contributed by atoms with Crippen molar-refractivity contribution in [2.75, 3.05) is 13.1 Å². The van der Waals surface area contributed by atoms with E-state index in [-0.39, 0.29) is 5.41 Å². The molecule has 120 valence electrons. The summed E-state index contributed by atoms with van der Waals surface area (Å²) in [6.45, 7) is 7.66. The molecule has 0 saturated carbocycles. The highest BCUT2D eigenvalue weighted by atomic mass is 14.9. The molecule has 0 bridgehead atoms. The Hall–Kier alpha value is -2.08. The summed E-state index contributed by atoms with van der Waals surface area (Å²) in [5, 5.41) is 6.11. The van der Waals surface area contributed by atoms with Gasteiger partial charge in [0.15, 0.2) is 0 Å². The van der Waals surface area contributed by atoms with Crippen molar-refractivity contribution in [3.05, 3.63) is 60.2 Å². The summed E-state index contributed by atoms with van der Waals surface area (Å²) in [6, 6.07) is 15.2. The van der Waals surface area contributed by atoms with Gasteiger partial charge in [0.25, 0.3) is 0 Å². The Morgan fingerprint density at radius 1 is 1.17 bits per heavy atom. The molecule has 0 heterocycles. The van der Waals surface area contributed by atoms with Crippen molar-refractivity contribution < 1.29 is 0 Å². The Kier molecular flexibility index (Phi) is 5.98. The maximum Gasteiger partial charge on any atom is 0.0384 e. The van der Waals surface area contributed by atoms with E-state index in [4.69, 9.17) is 5.73 Å². The van der Waals surface area contributed by atoms with Crippen LogP contribution in [0.5, 0.6) is 0 Å². The molecule has 2 heteroatoms. The Labute approximate surface area is 139 Å². The van der Waals surface area contributed by atoms with Gasteiger partial charge in [-0.25, -0.2) is 0 Å². The summed E-state index contributed by atoms with van der Waals surface area (Å²) < 4.78 is 0. The van der Waals surface area contributed by atoms with Gasteiger partial charge in [0.2, 0.25) is 0 Å². The minimum Gasteiger partial charge on any atom is -0.329 e. The lowest BCUT2D eigenvalue weighted by Crippen LogP contribution is -2.21. The van der Waals surface area contributed by atoms with Crippen LogP contribution >= 0.6 is 0 Å². The van der Waals surface area contributed by atoms with Gasteiger partial charge < -0.3 is 11.1 Å². The number of fused-ring (bicyclic) bond motifs is 1. The average Bonchev–Trinajstić information content (AvgIpc) is 2.57. The molecule has 23 heavy (non-hydrogen) atoms. The van der Waals surface area contributed by atoms with Gasteiger partial charge in [-0.3, -0.25) is 0 Å². The molecule has 0 radical (unpaired) electrons. The second-order valence-corrected chi connectivity index (χ2v) is 6.46. The Morgan fingerprint density at radius 3 is 2.70 bits per heavy atom. The molecule has 0 amide bonds. The number of hydrogen-bond donors (Lipinski definition) is 2. The van der Waals surface area contributed by atoms with E-state index in [0.717, 1.165) is 6.54 Å². The van der Waals surface area contributed by atoms with E-state index in [0.29, 0.717) is 12.6 Å². The zero-order chi connectivity index (χ0) is 16.7. The van der Waals surface area contributed by atoms with Gasteiger partial charge in [0.1, 0.15) is 0 Å². The van der Waals surface area contributed by atoms with Crippen molar-refractivity contribution in [2.45, 2.75) is 26.8 Å². The molecule has 0 aliphatic heterocycles. The molecular weight excluding hydrogens is 280 g/mol. The molecule has 2 aromatic carbocycles. The van der Waals surface area contributed by atoms with Crippen LogP contribution in [-0.2, 0) is 0 Å². The second-order valence-electron chi connectivity index (χ2n) is 6.46. The number of rotatable bonds is 5. The maximum absolute atomic E-state index is 5.66. The van der Waals surface area contributed by atoms with Gasteiger partial charge in [-0.15, -0.1) is 0 Å². The van der Waals surface area contributed by atoms with E-state index in [1.807, 2.05) is 6.08 Å². The van der Waals surface area contributed by atoms with E-state index >= 15 is 0 Å². The third-order valence-corrected chi connectivity index (χ3v) is 3.95. The number of benzene rings is 2. The van der Waals surface area contributed by atoms with Crippen molar-refractivity contribution in [3.63, 3.8) is 0 Å². The number of hydrogen-bond acceptors (Lipinski definition) is 2. The van der Waals surface area contributed by atoms with Gasteiger partial charge >= 0.3 is 0 Å². The molecule has 0 aliphatic carbocycles. The van der Waals surface area contributed by atoms with Crippen LogP contribution in [0.2, 0.25) is 0 Å². The van der Waals surface area contributed by atoms with E-state index in [1.54, 1.807) is 0 Å². The summed E-state index contributed by atoms with van der Waals surface area (Å²) in [7, 11) is 0. The average molecular weight is 306 g/mol. The quantitative estimate of drug-likeness (QED) is 0.818. The minimum absolute atomic E-state index is 0.117. The van der Waals surface area contributed by atoms with Crippen molar-refractivity contribution >= 4 is 10.8 Å². The molecule has 3 N–H and O–H groups in total. The van der Waals surface area contributed by atoms with Crippen LogP contribution in [0.15, 0.2) is 54.6 Å². The minimum atomic E-state index is -0.117. The van der Waals surface area contributed by atoms with E-state index in [9.17, 15) is 0 Å². The van der Waals surface area contributed by atoms with Crippen molar-refractivity contribution in [1.29, 1.82) is 0 Å². The lowest BCUT2D eigenvalue weighted by molar-refractivity contribution is 0.519. The zero-order valence-electron chi connectivity index (χ0n) is 14.3. The lowest BCUT2D eigenvalue weighted by atomic mass is 9.95. The molecule has 0 aliphatic rings. The highest BCUT2D eigenvalue weighted by Crippen LogP contribution is 2.23. The van der Waals surface area contributed by atoms with Crippen LogP contribution in [0.1, 0.15) is 32.4 Å². The van der Waals surface area contributed by atoms with Crippen LogP contribution in [0.25, 0.3) is 10.8 Å². The number of allylic oxidation sites excluding steroid dienone is 1. The first-order valence-electron chi connectivity index (χ1n) is 8.12. The third-order valence-electron chi connectivity index (χ3n) is 3.95. The largest absolute Gasteiger partial charge is 0.329 e. The monoisotopic (exact) mass is 306 g/mol.